The molecule has 0 saturated heterocycles. The first kappa shape index (κ1) is 12.5. The van der Waals surface area contributed by atoms with E-state index in [1.165, 1.54) is 0 Å². The first-order chi connectivity index (χ1) is 8.15. The SMILES string of the molecule is NC(Cc1ccc(Cl)c(Cl)c1)Cc1ccco1. The zero-order valence-corrected chi connectivity index (χ0v) is 10.7. The quantitative estimate of drug-likeness (QED) is 0.920. The normalized spacial score (nSPS) is 12.6. The average molecular weight is 270 g/mol. The molecule has 4 heteroatoms. The van der Waals surface area contributed by atoms with Crippen LogP contribution in [0.1, 0.15) is 11.3 Å². The van der Waals surface area contributed by atoms with Crippen LogP contribution in [0.4, 0.5) is 0 Å². The van der Waals surface area contributed by atoms with Gasteiger partial charge in [0.15, 0.2) is 0 Å². The third-order valence-electron chi connectivity index (χ3n) is 2.53. The summed E-state index contributed by atoms with van der Waals surface area (Å²) >= 11 is 11.8. The molecule has 1 aromatic heterocycles. The molecule has 0 spiro atoms. The summed E-state index contributed by atoms with van der Waals surface area (Å²) in [6, 6.07) is 9.38. The smallest absolute Gasteiger partial charge is 0.105 e. The second kappa shape index (κ2) is 5.58. The summed E-state index contributed by atoms with van der Waals surface area (Å²) in [4.78, 5) is 0. The van der Waals surface area contributed by atoms with Gasteiger partial charge in [0, 0.05) is 12.5 Å². The molecule has 90 valence electrons. The van der Waals surface area contributed by atoms with Gasteiger partial charge in [-0.05, 0) is 36.2 Å². The summed E-state index contributed by atoms with van der Waals surface area (Å²) in [5, 5.41) is 1.13. The Bertz CT molecular complexity index is 482. The number of benzene rings is 1. The highest BCUT2D eigenvalue weighted by atomic mass is 35.5. The number of hydrogen-bond donors (Lipinski definition) is 1. The Morgan fingerprint density at radius 3 is 2.59 bits per heavy atom. The molecule has 2 nitrogen and oxygen atoms in total. The van der Waals surface area contributed by atoms with Crippen molar-refractivity contribution >= 4 is 23.2 Å². The van der Waals surface area contributed by atoms with Crippen molar-refractivity contribution in [1.82, 2.24) is 0 Å². The number of rotatable bonds is 4. The zero-order valence-electron chi connectivity index (χ0n) is 9.20. The lowest BCUT2D eigenvalue weighted by molar-refractivity contribution is 0.483. The van der Waals surface area contributed by atoms with Crippen LogP contribution in [0.15, 0.2) is 41.0 Å². The molecule has 0 fully saturated rings. The molecule has 1 unspecified atom stereocenters. The topological polar surface area (TPSA) is 39.2 Å². The lowest BCUT2D eigenvalue weighted by atomic mass is 10.0. The van der Waals surface area contributed by atoms with Crippen molar-refractivity contribution in [3.05, 3.63) is 58.0 Å². The average Bonchev–Trinajstić information content (AvgIpc) is 2.76. The van der Waals surface area contributed by atoms with Crippen LogP contribution < -0.4 is 5.73 Å². The minimum atomic E-state index is 0.0124. The second-order valence-corrected chi connectivity index (χ2v) is 4.81. The van der Waals surface area contributed by atoms with E-state index in [9.17, 15) is 0 Å². The fourth-order valence-electron chi connectivity index (χ4n) is 1.73. The monoisotopic (exact) mass is 269 g/mol. The Morgan fingerprint density at radius 1 is 1.12 bits per heavy atom. The Balaban J connectivity index is 1.98. The standard InChI is InChI=1S/C13H13Cl2NO/c14-12-4-3-9(7-13(12)15)6-10(16)8-11-2-1-5-17-11/h1-5,7,10H,6,8,16H2. The predicted octanol–water partition coefficient (Wildman–Crippen LogP) is 3.70. The van der Waals surface area contributed by atoms with Crippen molar-refractivity contribution in [2.75, 3.05) is 0 Å². The summed E-state index contributed by atoms with van der Waals surface area (Å²) in [5.41, 5.74) is 7.13. The van der Waals surface area contributed by atoms with Crippen LogP contribution in [0.3, 0.4) is 0 Å². The van der Waals surface area contributed by atoms with Gasteiger partial charge in [-0.2, -0.15) is 0 Å². The molecule has 1 heterocycles. The van der Waals surface area contributed by atoms with Crippen LogP contribution in [-0.2, 0) is 12.8 Å². The first-order valence-electron chi connectivity index (χ1n) is 5.37. The van der Waals surface area contributed by atoms with Gasteiger partial charge in [-0.15, -0.1) is 0 Å². The van der Waals surface area contributed by atoms with Gasteiger partial charge in [-0.1, -0.05) is 29.3 Å². The van der Waals surface area contributed by atoms with Crippen molar-refractivity contribution in [2.45, 2.75) is 18.9 Å². The molecule has 0 saturated carbocycles. The van der Waals surface area contributed by atoms with Crippen molar-refractivity contribution in [3.63, 3.8) is 0 Å². The minimum Gasteiger partial charge on any atom is -0.469 e. The van der Waals surface area contributed by atoms with Crippen molar-refractivity contribution in [3.8, 4) is 0 Å². The first-order valence-corrected chi connectivity index (χ1v) is 6.12. The maximum absolute atomic E-state index is 6.05. The lowest BCUT2D eigenvalue weighted by Gasteiger charge is -2.10. The molecule has 0 aliphatic carbocycles. The fourth-order valence-corrected chi connectivity index (χ4v) is 2.05. The van der Waals surface area contributed by atoms with E-state index in [-0.39, 0.29) is 6.04 Å². The van der Waals surface area contributed by atoms with E-state index in [2.05, 4.69) is 0 Å². The van der Waals surface area contributed by atoms with Crippen LogP contribution >= 0.6 is 23.2 Å². The molecule has 2 rings (SSSR count). The number of nitrogens with two attached hydrogens (primary N) is 1. The molecular formula is C13H13Cl2NO. The van der Waals surface area contributed by atoms with Gasteiger partial charge < -0.3 is 10.2 Å². The Labute approximate surface area is 110 Å². The highest BCUT2D eigenvalue weighted by Gasteiger charge is 2.08. The molecule has 0 aliphatic rings. The summed E-state index contributed by atoms with van der Waals surface area (Å²) in [7, 11) is 0. The zero-order chi connectivity index (χ0) is 12.3. The van der Waals surface area contributed by atoms with E-state index in [0.717, 1.165) is 17.7 Å². The third-order valence-corrected chi connectivity index (χ3v) is 3.26. The molecular weight excluding hydrogens is 257 g/mol. The van der Waals surface area contributed by atoms with Gasteiger partial charge in [0.05, 0.1) is 16.3 Å². The second-order valence-electron chi connectivity index (χ2n) is 4.00. The molecule has 17 heavy (non-hydrogen) atoms. The highest BCUT2D eigenvalue weighted by molar-refractivity contribution is 6.42. The number of halogens is 2. The van der Waals surface area contributed by atoms with Crippen LogP contribution in [0.5, 0.6) is 0 Å². The van der Waals surface area contributed by atoms with Crippen LogP contribution in [0, 0.1) is 0 Å². The van der Waals surface area contributed by atoms with Gasteiger partial charge in [0.2, 0.25) is 0 Å². The molecule has 1 atom stereocenters. The number of hydrogen-bond acceptors (Lipinski definition) is 2. The largest absolute Gasteiger partial charge is 0.469 e. The Hall–Kier alpha value is -0.960. The summed E-state index contributed by atoms with van der Waals surface area (Å²) in [5.74, 6) is 0.901. The Kier molecular flexibility index (Phi) is 4.11. The van der Waals surface area contributed by atoms with Gasteiger partial charge in [0.25, 0.3) is 0 Å². The Morgan fingerprint density at radius 2 is 1.94 bits per heavy atom. The molecule has 0 aliphatic heterocycles. The van der Waals surface area contributed by atoms with E-state index in [1.54, 1.807) is 12.3 Å². The van der Waals surface area contributed by atoms with Crippen LogP contribution in [0.2, 0.25) is 10.0 Å². The van der Waals surface area contributed by atoms with E-state index < -0.39 is 0 Å². The minimum absolute atomic E-state index is 0.0124. The molecule has 0 bridgehead atoms. The van der Waals surface area contributed by atoms with E-state index >= 15 is 0 Å². The van der Waals surface area contributed by atoms with E-state index in [4.69, 9.17) is 33.4 Å². The lowest BCUT2D eigenvalue weighted by Crippen LogP contribution is -2.25. The van der Waals surface area contributed by atoms with Gasteiger partial charge in [0.1, 0.15) is 5.76 Å². The van der Waals surface area contributed by atoms with E-state index in [0.29, 0.717) is 16.5 Å². The van der Waals surface area contributed by atoms with Crippen molar-refractivity contribution in [2.24, 2.45) is 5.73 Å². The molecule has 0 radical (unpaired) electrons. The molecule has 1 aromatic carbocycles. The maximum Gasteiger partial charge on any atom is 0.105 e. The summed E-state index contributed by atoms with van der Waals surface area (Å²) in [6.07, 6.45) is 3.12. The van der Waals surface area contributed by atoms with Crippen molar-refractivity contribution < 1.29 is 4.42 Å². The molecule has 2 N–H and O–H groups in total. The number of furan rings is 1. The summed E-state index contributed by atoms with van der Waals surface area (Å²) in [6.45, 7) is 0. The third kappa shape index (κ3) is 3.50. The molecule has 0 amide bonds. The highest BCUT2D eigenvalue weighted by Crippen LogP contribution is 2.23. The van der Waals surface area contributed by atoms with E-state index in [1.807, 2.05) is 24.3 Å². The van der Waals surface area contributed by atoms with Crippen LogP contribution in [-0.4, -0.2) is 6.04 Å². The summed E-state index contributed by atoms with van der Waals surface area (Å²) < 4.78 is 5.26. The fraction of sp³-hybridized carbons (Fsp3) is 0.231. The maximum atomic E-state index is 6.05. The predicted molar refractivity (Wildman–Crippen MR) is 70.6 cm³/mol. The van der Waals surface area contributed by atoms with Gasteiger partial charge in [-0.25, -0.2) is 0 Å². The van der Waals surface area contributed by atoms with Gasteiger partial charge in [-0.3, -0.25) is 0 Å². The molecule has 2 aromatic rings. The van der Waals surface area contributed by atoms with Gasteiger partial charge >= 0.3 is 0 Å². The van der Waals surface area contributed by atoms with Crippen molar-refractivity contribution in [1.29, 1.82) is 0 Å². The van der Waals surface area contributed by atoms with Crippen LogP contribution in [0.25, 0.3) is 0 Å².